The normalized spacial score (nSPS) is 18.7. The van der Waals surface area contributed by atoms with E-state index in [4.69, 9.17) is 9.84 Å². The van der Waals surface area contributed by atoms with E-state index in [9.17, 15) is 9.59 Å². The molecule has 1 aromatic carbocycles. The molecule has 1 fully saturated rings. The van der Waals surface area contributed by atoms with Crippen LogP contribution < -0.4 is 0 Å². The molecule has 1 unspecified atom stereocenters. The summed E-state index contributed by atoms with van der Waals surface area (Å²) in [5.74, 6) is -1.30. The number of carboxylic acid groups (broad SMARTS) is 1. The van der Waals surface area contributed by atoms with Gasteiger partial charge in [-0.15, -0.1) is 0 Å². The molecule has 5 nitrogen and oxygen atoms in total. The lowest BCUT2D eigenvalue weighted by molar-refractivity contribution is -0.142. The highest BCUT2D eigenvalue weighted by Gasteiger charge is 2.30. The number of hydrogen-bond acceptors (Lipinski definition) is 3. The van der Waals surface area contributed by atoms with Gasteiger partial charge in [0, 0.05) is 18.7 Å². The van der Waals surface area contributed by atoms with Gasteiger partial charge in [0.25, 0.3) is 0 Å². The lowest BCUT2D eigenvalue weighted by Crippen LogP contribution is -2.38. The molecule has 0 saturated carbocycles. The Bertz CT molecular complexity index is 512. The number of rotatable bonds is 3. The van der Waals surface area contributed by atoms with Gasteiger partial charge in [-0.2, -0.15) is 0 Å². The van der Waals surface area contributed by atoms with Gasteiger partial charge in [0.1, 0.15) is 6.61 Å². The zero-order chi connectivity index (χ0) is 14.5. The van der Waals surface area contributed by atoms with Crippen LogP contribution in [0.3, 0.4) is 0 Å². The maximum Gasteiger partial charge on any atom is 0.414 e. The van der Waals surface area contributed by atoms with E-state index in [0.29, 0.717) is 18.7 Å². The SMILES string of the molecule is C=C1CC(C(=O)O)CCN1C(=O)OCc1ccccc1. The third kappa shape index (κ3) is 3.38. The monoisotopic (exact) mass is 275 g/mol. The fourth-order valence-electron chi connectivity index (χ4n) is 2.17. The number of hydrogen-bond donors (Lipinski definition) is 1. The van der Waals surface area contributed by atoms with Gasteiger partial charge in [0.2, 0.25) is 0 Å². The van der Waals surface area contributed by atoms with Crippen molar-refractivity contribution in [3.8, 4) is 0 Å². The molecule has 0 spiro atoms. The second-order valence-corrected chi connectivity index (χ2v) is 4.79. The zero-order valence-corrected chi connectivity index (χ0v) is 11.1. The van der Waals surface area contributed by atoms with Gasteiger partial charge in [-0.05, 0) is 12.0 Å². The minimum atomic E-state index is -0.844. The number of amides is 1. The van der Waals surface area contributed by atoms with Crippen LogP contribution in [-0.4, -0.2) is 28.6 Å². The second-order valence-electron chi connectivity index (χ2n) is 4.79. The van der Waals surface area contributed by atoms with Crippen LogP contribution in [0.2, 0.25) is 0 Å². The number of piperidine rings is 1. The summed E-state index contributed by atoms with van der Waals surface area (Å²) < 4.78 is 5.21. The Morgan fingerprint density at radius 3 is 2.65 bits per heavy atom. The number of carbonyl (C=O) groups is 2. The molecule has 2 rings (SSSR count). The summed E-state index contributed by atoms with van der Waals surface area (Å²) in [5, 5.41) is 8.96. The predicted molar refractivity (Wildman–Crippen MR) is 72.8 cm³/mol. The van der Waals surface area contributed by atoms with Crippen LogP contribution >= 0.6 is 0 Å². The Morgan fingerprint density at radius 2 is 2.05 bits per heavy atom. The highest BCUT2D eigenvalue weighted by molar-refractivity contribution is 5.73. The number of aliphatic carboxylic acids is 1. The molecule has 1 saturated heterocycles. The average molecular weight is 275 g/mol. The van der Waals surface area contributed by atoms with Crippen molar-refractivity contribution in [2.75, 3.05) is 6.54 Å². The molecule has 0 aromatic heterocycles. The third-order valence-corrected chi connectivity index (χ3v) is 3.34. The summed E-state index contributed by atoms with van der Waals surface area (Å²) in [7, 11) is 0. The fraction of sp³-hybridized carbons (Fsp3) is 0.333. The Hall–Kier alpha value is -2.30. The van der Waals surface area contributed by atoms with Crippen LogP contribution in [0.15, 0.2) is 42.6 Å². The summed E-state index contributed by atoms with van der Waals surface area (Å²) >= 11 is 0. The molecular formula is C15H17NO4. The van der Waals surface area contributed by atoms with Gasteiger partial charge in [0.05, 0.1) is 5.92 Å². The number of carbonyl (C=O) groups excluding carboxylic acids is 1. The van der Waals surface area contributed by atoms with E-state index in [0.717, 1.165) is 5.56 Å². The van der Waals surface area contributed by atoms with Crippen molar-refractivity contribution in [3.63, 3.8) is 0 Å². The van der Waals surface area contributed by atoms with E-state index in [1.165, 1.54) is 4.90 Å². The first-order valence-corrected chi connectivity index (χ1v) is 6.46. The zero-order valence-electron chi connectivity index (χ0n) is 11.1. The van der Waals surface area contributed by atoms with Crippen molar-refractivity contribution in [3.05, 3.63) is 48.2 Å². The van der Waals surface area contributed by atoms with Crippen molar-refractivity contribution in [2.45, 2.75) is 19.4 Å². The van der Waals surface area contributed by atoms with Crippen LogP contribution in [0.25, 0.3) is 0 Å². The van der Waals surface area contributed by atoms with Crippen molar-refractivity contribution in [1.82, 2.24) is 4.90 Å². The second kappa shape index (κ2) is 6.23. The minimum absolute atomic E-state index is 0.200. The summed E-state index contributed by atoms with van der Waals surface area (Å²) in [4.78, 5) is 24.3. The maximum atomic E-state index is 12.0. The van der Waals surface area contributed by atoms with Crippen molar-refractivity contribution < 1.29 is 19.4 Å². The quantitative estimate of drug-likeness (QED) is 0.920. The van der Waals surface area contributed by atoms with Crippen LogP contribution in [0.4, 0.5) is 4.79 Å². The van der Waals surface area contributed by atoms with Crippen LogP contribution in [0.5, 0.6) is 0 Å². The molecule has 1 aliphatic rings. The maximum absolute atomic E-state index is 12.0. The largest absolute Gasteiger partial charge is 0.481 e. The van der Waals surface area contributed by atoms with E-state index in [1.807, 2.05) is 30.3 Å². The lowest BCUT2D eigenvalue weighted by Gasteiger charge is -2.31. The Morgan fingerprint density at radius 1 is 1.35 bits per heavy atom. The molecular weight excluding hydrogens is 258 g/mol. The topological polar surface area (TPSA) is 66.8 Å². The molecule has 1 amide bonds. The summed E-state index contributed by atoms with van der Waals surface area (Å²) in [6.07, 6.45) is 0.243. The fourth-order valence-corrected chi connectivity index (χ4v) is 2.17. The summed E-state index contributed by atoms with van der Waals surface area (Å²) in [6.45, 7) is 4.30. The Labute approximate surface area is 117 Å². The molecule has 20 heavy (non-hydrogen) atoms. The van der Waals surface area contributed by atoms with Crippen molar-refractivity contribution >= 4 is 12.1 Å². The molecule has 1 aliphatic heterocycles. The van der Waals surface area contributed by atoms with E-state index in [2.05, 4.69) is 6.58 Å². The van der Waals surface area contributed by atoms with Crippen LogP contribution in [0.1, 0.15) is 18.4 Å². The van der Waals surface area contributed by atoms with Gasteiger partial charge in [-0.25, -0.2) is 4.79 Å². The van der Waals surface area contributed by atoms with Crippen LogP contribution in [0, 0.1) is 5.92 Å². The van der Waals surface area contributed by atoms with Gasteiger partial charge in [-0.3, -0.25) is 9.69 Å². The van der Waals surface area contributed by atoms with E-state index in [1.54, 1.807) is 0 Å². The number of benzene rings is 1. The molecule has 106 valence electrons. The Kier molecular flexibility index (Phi) is 4.40. The van der Waals surface area contributed by atoms with Crippen LogP contribution in [-0.2, 0) is 16.1 Å². The average Bonchev–Trinajstić information content (AvgIpc) is 2.45. The van der Waals surface area contributed by atoms with Gasteiger partial charge in [0.15, 0.2) is 0 Å². The summed E-state index contributed by atoms with van der Waals surface area (Å²) in [6, 6.07) is 9.39. The number of ether oxygens (including phenoxy) is 1. The standard InChI is InChI=1S/C15H17NO4/c1-11-9-13(14(17)18)7-8-16(11)15(19)20-10-12-5-3-2-4-6-12/h2-6,13H,1,7-10H2,(H,17,18). The number of nitrogens with zero attached hydrogens (tertiary/aromatic N) is 1. The lowest BCUT2D eigenvalue weighted by atomic mass is 9.95. The predicted octanol–water partition coefficient (Wildman–Crippen LogP) is 2.63. The molecule has 1 aromatic rings. The first-order valence-electron chi connectivity index (χ1n) is 6.46. The van der Waals surface area contributed by atoms with Gasteiger partial charge >= 0.3 is 12.1 Å². The molecule has 1 atom stereocenters. The molecule has 1 N–H and O–H groups in total. The third-order valence-electron chi connectivity index (χ3n) is 3.34. The number of carboxylic acids is 1. The first kappa shape index (κ1) is 14.1. The number of allylic oxidation sites excluding steroid dienone is 1. The smallest absolute Gasteiger partial charge is 0.414 e. The molecule has 0 bridgehead atoms. The van der Waals surface area contributed by atoms with Gasteiger partial charge in [-0.1, -0.05) is 36.9 Å². The molecule has 0 radical (unpaired) electrons. The van der Waals surface area contributed by atoms with Crippen molar-refractivity contribution in [2.24, 2.45) is 5.92 Å². The first-order chi connectivity index (χ1) is 9.58. The van der Waals surface area contributed by atoms with E-state index < -0.39 is 18.0 Å². The summed E-state index contributed by atoms with van der Waals surface area (Å²) in [5.41, 5.74) is 1.41. The molecule has 0 aliphatic carbocycles. The number of likely N-dealkylation sites (tertiary alicyclic amines) is 1. The van der Waals surface area contributed by atoms with E-state index >= 15 is 0 Å². The van der Waals surface area contributed by atoms with E-state index in [-0.39, 0.29) is 13.0 Å². The highest BCUT2D eigenvalue weighted by Crippen LogP contribution is 2.25. The minimum Gasteiger partial charge on any atom is -0.481 e. The van der Waals surface area contributed by atoms with Gasteiger partial charge < -0.3 is 9.84 Å². The molecule has 1 heterocycles. The molecule has 5 heteroatoms. The van der Waals surface area contributed by atoms with Crippen molar-refractivity contribution in [1.29, 1.82) is 0 Å². The Balaban J connectivity index is 1.87. The highest BCUT2D eigenvalue weighted by atomic mass is 16.6.